The van der Waals surface area contributed by atoms with Gasteiger partial charge in [0.25, 0.3) is 0 Å². The molecule has 1 aliphatic carbocycles. The number of hydrazine groups is 1. The Morgan fingerprint density at radius 3 is 2.54 bits per heavy atom. The number of ether oxygens (including phenoxy) is 1. The number of fused-ring (bicyclic) bond motifs is 1. The Morgan fingerprint density at radius 1 is 1.11 bits per heavy atom. The van der Waals surface area contributed by atoms with Crippen molar-refractivity contribution in [3.63, 3.8) is 0 Å². The van der Waals surface area contributed by atoms with Crippen molar-refractivity contribution in [2.75, 3.05) is 25.1 Å². The van der Waals surface area contributed by atoms with Crippen LogP contribution in [0.15, 0.2) is 30.1 Å². The van der Waals surface area contributed by atoms with Crippen molar-refractivity contribution in [2.45, 2.75) is 38.8 Å². The molecular formula is C24H28F2N8O. The number of benzene rings is 1. The maximum Gasteiger partial charge on any atom is 0.228 e. The highest BCUT2D eigenvalue weighted by molar-refractivity contribution is 5.88. The van der Waals surface area contributed by atoms with Crippen molar-refractivity contribution in [3.05, 3.63) is 53.1 Å². The van der Waals surface area contributed by atoms with Gasteiger partial charge in [0.2, 0.25) is 5.95 Å². The van der Waals surface area contributed by atoms with Gasteiger partial charge in [-0.15, -0.1) is 0 Å². The van der Waals surface area contributed by atoms with E-state index in [4.69, 9.17) is 16.3 Å². The number of rotatable bonds is 6. The molecule has 3 aromatic rings. The number of methoxy groups -OCH3 is 1. The van der Waals surface area contributed by atoms with Crippen LogP contribution in [-0.2, 0) is 4.74 Å². The Bertz CT molecular complexity index is 1310. The summed E-state index contributed by atoms with van der Waals surface area (Å²) in [6, 6.07) is 3.70. The van der Waals surface area contributed by atoms with E-state index in [2.05, 4.69) is 19.9 Å². The summed E-state index contributed by atoms with van der Waals surface area (Å²) in [7, 11) is 1.63. The second kappa shape index (κ2) is 8.97. The van der Waals surface area contributed by atoms with Crippen molar-refractivity contribution < 1.29 is 13.5 Å². The van der Waals surface area contributed by atoms with Crippen molar-refractivity contribution >= 4 is 17.1 Å². The highest BCUT2D eigenvalue weighted by Crippen LogP contribution is 2.33. The summed E-state index contributed by atoms with van der Waals surface area (Å²) in [6.45, 7) is 4.60. The summed E-state index contributed by atoms with van der Waals surface area (Å²) in [6.07, 6.45) is 3.67. The SMILES string of the molecule is COC1CN(c2nc(-c3ccc(F)cc3F)c3nc(C)c(C)nc3n2)CC1/C(N)=C/N(N)C1CC1. The van der Waals surface area contributed by atoms with Crippen molar-refractivity contribution in [1.82, 2.24) is 24.9 Å². The number of nitrogens with two attached hydrogens (primary N) is 2. The first kappa shape index (κ1) is 23.3. The van der Waals surface area contributed by atoms with Crippen LogP contribution in [0.2, 0.25) is 0 Å². The molecule has 35 heavy (non-hydrogen) atoms. The Balaban J connectivity index is 1.57. The first-order chi connectivity index (χ1) is 16.7. The summed E-state index contributed by atoms with van der Waals surface area (Å²) in [4.78, 5) is 20.4. The predicted molar refractivity (Wildman–Crippen MR) is 128 cm³/mol. The zero-order valence-corrected chi connectivity index (χ0v) is 19.9. The average molecular weight is 483 g/mol. The molecule has 3 heterocycles. The molecule has 2 unspecified atom stereocenters. The van der Waals surface area contributed by atoms with Crippen LogP contribution in [0.4, 0.5) is 14.7 Å². The fourth-order valence-electron chi connectivity index (χ4n) is 4.35. The number of hydrogen-bond acceptors (Lipinski definition) is 9. The third-order valence-electron chi connectivity index (χ3n) is 6.66. The van der Waals surface area contributed by atoms with Crippen LogP contribution in [0.1, 0.15) is 24.2 Å². The molecule has 1 aromatic carbocycles. The minimum absolute atomic E-state index is 0.124. The molecule has 2 aliphatic rings. The second-order valence-corrected chi connectivity index (χ2v) is 9.16. The highest BCUT2D eigenvalue weighted by atomic mass is 19.1. The Kier molecular flexibility index (Phi) is 5.97. The maximum absolute atomic E-state index is 14.8. The molecule has 2 atom stereocenters. The van der Waals surface area contributed by atoms with Gasteiger partial charge < -0.3 is 20.4 Å². The minimum atomic E-state index is -0.736. The average Bonchev–Trinajstić information content (AvgIpc) is 3.58. The smallest absolute Gasteiger partial charge is 0.228 e. The first-order valence-corrected chi connectivity index (χ1v) is 11.5. The lowest BCUT2D eigenvalue weighted by Crippen LogP contribution is -2.32. The molecule has 1 saturated heterocycles. The van der Waals surface area contributed by atoms with E-state index in [9.17, 15) is 8.78 Å². The molecule has 11 heteroatoms. The van der Waals surface area contributed by atoms with E-state index in [1.165, 1.54) is 12.1 Å². The molecule has 184 valence electrons. The van der Waals surface area contributed by atoms with E-state index in [0.717, 1.165) is 18.9 Å². The summed E-state index contributed by atoms with van der Waals surface area (Å²) < 4.78 is 34.1. The molecule has 5 rings (SSSR count). The number of nitrogens with zero attached hydrogens (tertiary/aromatic N) is 6. The van der Waals surface area contributed by atoms with Gasteiger partial charge in [-0.1, -0.05) is 0 Å². The largest absolute Gasteiger partial charge is 0.400 e. The van der Waals surface area contributed by atoms with E-state index in [0.29, 0.717) is 53.3 Å². The van der Waals surface area contributed by atoms with Gasteiger partial charge in [0.05, 0.1) is 17.5 Å². The molecule has 0 radical (unpaired) electrons. The van der Waals surface area contributed by atoms with Crippen LogP contribution in [0.25, 0.3) is 22.4 Å². The van der Waals surface area contributed by atoms with Gasteiger partial charge in [-0.3, -0.25) is 0 Å². The molecule has 0 bridgehead atoms. The number of halogens is 2. The van der Waals surface area contributed by atoms with Gasteiger partial charge in [-0.05, 0) is 38.8 Å². The first-order valence-electron chi connectivity index (χ1n) is 11.5. The molecule has 0 amide bonds. The van der Waals surface area contributed by atoms with E-state index in [1.807, 2.05) is 18.7 Å². The summed E-state index contributed by atoms with van der Waals surface area (Å²) in [5.41, 5.74) is 9.48. The van der Waals surface area contributed by atoms with Gasteiger partial charge in [0.1, 0.15) is 22.8 Å². The lowest BCUT2D eigenvalue weighted by molar-refractivity contribution is 0.0939. The highest BCUT2D eigenvalue weighted by Gasteiger charge is 2.37. The van der Waals surface area contributed by atoms with E-state index in [1.54, 1.807) is 18.3 Å². The number of hydrogen-bond donors (Lipinski definition) is 2. The molecule has 1 saturated carbocycles. The van der Waals surface area contributed by atoms with Crippen LogP contribution < -0.4 is 16.5 Å². The number of aryl methyl sites for hydroxylation is 2. The topological polar surface area (TPSA) is 119 Å². The van der Waals surface area contributed by atoms with Gasteiger partial charge in [0.15, 0.2) is 5.65 Å². The van der Waals surface area contributed by atoms with Crippen LogP contribution in [0, 0.1) is 31.4 Å². The molecule has 2 aromatic heterocycles. The Hall–Kier alpha value is -3.44. The van der Waals surface area contributed by atoms with Gasteiger partial charge in [-0.2, -0.15) is 4.98 Å². The number of anilines is 1. The predicted octanol–water partition coefficient (Wildman–Crippen LogP) is 2.57. The van der Waals surface area contributed by atoms with Gasteiger partial charge in [0, 0.05) is 55.7 Å². The van der Waals surface area contributed by atoms with Crippen molar-refractivity contribution in [1.29, 1.82) is 0 Å². The van der Waals surface area contributed by atoms with Crippen LogP contribution in [0.3, 0.4) is 0 Å². The normalized spacial score (nSPS) is 20.6. The molecule has 0 spiro atoms. The lowest BCUT2D eigenvalue weighted by atomic mass is 10.0. The minimum Gasteiger partial charge on any atom is -0.400 e. The molecule has 9 nitrogen and oxygen atoms in total. The molecule has 4 N–H and O–H groups in total. The van der Waals surface area contributed by atoms with Crippen molar-refractivity contribution in [3.8, 4) is 11.3 Å². The Morgan fingerprint density at radius 2 is 1.86 bits per heavy atom. The van der Waals surface area contributed by atoms with Gasteiger partial charge >= 0.3 is 0 Å². The number of aromatic nitrogens is 4. The lowest BCUT2D eigenvalue weighted by Gasteiger charge is -2.20. The van der Waals surface area contributed by atoms with E-state index >= 15 is 0 Å². The van der Waals surface area contributed by atoms with Crippen LogP contribution >= 0.6 is 0 Å². The molecule has 2 fully saturated rings. The fourth-order valence-corrected chi connectivity index (χ4v) is 4.35. The standard InChI is InChI=1S/C24H28F2N8O/c1-12-13(2)30-23-22(29-12)21(16-7-4-14(25)8-18(16)26)31-24(32-23)33-9-17(20(11-33)35-3)19(27)10-34(28)15-5-6-15/h4,7-8,10,15,17,20H,5-6,9,11,27-28H2,1-3H3/b19-10-. The Labute approximate surface area is 201 Å². The van der Waals surface area contributed by atoms with Gasteiger partial charge in [-0.25, -0.2) is 29.6 Å². The van der Waals surface area contributed by atoms with Crippen molar-refractivity contribution in [2.24, 2.45) is 17.5 Å². The quantitative estimate of drug-likeness (QED) is 0.403. The summed E-state index contributed by atoms with van der Waals surface area (Å²) >= 11 is 0. The molecule has 1 aliphatic heterocycles. The van der Waals surface area contributed by atoms with E-state index in [-0.39, 0.29) is 23.3 Å². The van der Waals surface area contributed by atoms with Crippen LogP contribution in [-0.4, -0.2) is 57.3 Å². The summed E-state index contributed by atoms with van der Waals surface area (Å²) in [5, 5.41) is 1.66. The van der Waals surface area contributed by atoms with E-state index < -0.39 is 11.6 Å². The molecular weight excluding hydrogens is 454 g/mol. The summed E-state index contributed by atoms with van der Waals surface area (Å²) in [5.74, 6) is 4.90. The zero-order valence-electron chi connectivity index (χ0n) is 19.9. The third kappa shape index (κ3) is 4.48. The van der Waals surface area contributed by atoms with Crippen LogP contribution in [0.5, 0.6) is 0 Å². The monoisotopic (exact) mass is 482 g/mol. The fraction of sp³-hybridized carbons (Fsp3) is 0.417. The third-order valence-corrected chi connectivity index (χ3v) is 6.66. The zero-order chi connectivity index (χ0) is 24.9. The second-order valence-electron chi connectivity index (χ2n) is 9.16. The maximum atomic E-state index is 14.8.